The maximum Gasteiger partial charge on any atom is 0.0836 e. The van der Waals surface area contributed by atoms with Crippen LogP contribution in [0.2, 0.25) is 10.0 Å². The maximum atomic E-state index is 10.4. The molecule has 0 bridgehead atoms. The van der Waals surface area contributed by atoms with E-state index in [1.165, 1.54) is 0 Å². The van der Waals surface area contributed by atoms with Gasteiger partial charge in [0.2, 0.25) is 0 Å². The van der Waals surface area contributed by atoms with E-state index < -0.39 is 6.10 Å². The zero-order valence-corrected chi connectivity index (χ0v) is 12.5. The van der Waals surface area contributed by atoms with Gasteiger partial charge in [-0.3, -0.25) is 0 Å². The van der Waals surface area contributed by atoms with Gasteiger partial charge in [0.15, 0.2) is 0 Å². The van der Waals surface area contributed by atoms with Crippen LogP contribution in [0.25, 0.3) is 0 Å². The lowest BCUT2D eigenvalue weighted by atomic mass is 9.94. The van der Waals surface area contributed by atoms with Crippen molar-refractivity contribution < 1.29 is 5.11 Å². The van der Waals surface area contributed by atoms with E-state index in [-0.39, 0.29) is 0 Å². The van der Waals surface area contributed by atoms with Gasteiger partial charge < -0.3 is 5.11 Å². The third-order valence-electron chi connectivity index (χ3n) is 3.30. The summed E-state index contributed by atoms with van der Waals surface area (Å²) in [5, 5.41) is 11.7. The Morgan fingerprint density at radius 2 is 1.68 bits per heavy atom. The minimum Gasteiger partial charge on any atom is -0.388 e. The van der Waals surface area contributed by atoms with Crippen LogP contribution in [0, 0.1) is 13.8 Å². The van der Waals surface area contributed by atoms with E-state index in [0.717, 1.165) is 22.3 Å². The van der Waals surface area contributed by atoms with Gasteiger partial charge in [-0.15, -0.1) is 0 Å². The minimum atomic E-state index is -0.572. The van der Waals surface area contributed by atoms with Crippen LogP contribution in [-0.4, -0.2) is 5.11 Å². The average Bonchev–Trinajstić information content (AvgIpc) is 2.33. The van der Waals surface area contributed by atoms with Crippen molar-refractivity contribution in [1.82, 2.24) is 0 Å². The fraction of sp³-hybridized carbons (Fsp3) is 0.250. The summed E-state index contributed by atoms with van der Waals surface area (Å²) < 4.78 is 0. The second kappa shape index (κ2) is 5.96. The fourth-order valence-corrected chi connectivity index (χ4v) is 2.75. The highest BCUT2D eigenvalue weighted by atomic mass is 35.5. The van der Waals surface area contributed by atoms with Gasteiger partial charge in [0.25, 0.3) is 0 Å². The summed E-state index contributed by atoms with van der Waals surface area (Å²) in [6.07, 6.45) is -0.109. The summed E-state index contributed by atoms with van der Waals surface area (Å²) in [5.41, 5.74) is 4.01. The molecule has 1 atom stereocenters. The number of hydrogen-bond acceptors (Lipinski definition) is 1. The van der Waals surface area contributed by atoms with Crippen molar-refractivity contribution in [1.29, 1.82) is 0 Å². The zero-order valence-electron chi connectivity index (χ0n) is 11.0. The highest BCUT2D eigenvalue weighted by Crippen LogP contribution is 2.29. The summed E-state index contributed by atoms with van der Waals surface area (Å²) in [6.45, 7) is 4.01. The molecule has 1 N–H and O–H groups in total. The molecule has 2 aromatic carbocycles. The molecule has 0 heterocycles. The van der Waals surface area contributed by atoms with Crippen molar-refractivity contribution in [2.45, 2.75) is 26.4 Å². The van der Waals surface area contributed by atoms with E-state index in [4.69, 9.17) is 23.2 Å². The highest BCUT2D eigenvalue weighted by molar-refractivity contribution is 6.33. The second-order valence-electron chi connectivity index (χ2n) is 4.76. The van der Waals surface area contributed by atoms with E-state index in [9.17, 15) is 5.11 Å². The van der Waals surface area contributed by atoms with Gasteiger partial charge in [-0.2, -0.15) is 0 Å². The van der Waals surface area contributed by atoms with Gasteiger partial charge in [-0.25, -0.2) is 0 Å². The number of benzene rings is 2. The topological polar surface area (TPSA) is 20.2 Å². The monoisotopic (exact) mass is 294 g/mol. The first-order valence-electron chi connectivity index (χ1n) is 6.17. The normalized spacial score (nSPS) is 12.5. The van der Waals surface area contributed by atoms with E-state index in [1.54, 1.807) is 18.2 Å². The van der Waals surface area contributed by atoms with E-state index in [1.807, 2.05) is 32.0 Å². The minimum absolute atomic E-state index is 0.463. The summed E-state index contributed by atoms with van der Waals surface area (Å²) in [6, 6.07) is 11.3. The molecule has 0 aliphatic carbocycles. The molecule has 2 rings (SSSR count). The van der Waals surface area contributed by atoms with Crippen LogP contribution in [0.15, 0.2) is 36.4 Å². The smallest absolute Gasteiger partial charge is 0.0836 e. The third kappa shape index (κ3) is 3.30. The Labute approximate surface area is 123 Å². The molecule has 19 heavy (non-hydrogen) atoms. The Kier molecular flexibility index (Phi) is 4.51. The Balaban J connectivity index is 2.31. The Morgan fingerprint density at radius 1 is 1.05 bits per heavy atom. The molecule has 1 nitrogen and oxygen atoms in total. The molecule has 0 fully saturated rings. The van der Waals surface area contributed by atoms with Crippen molar-refractivity contribution in [3.05, 3.63) is 68.7 Å². The lowest BCUT2D eigenvalue weighted by Gasteiger charge is -2.17. The lowest BCUT2D eigenvalue weighted by Crippen LogP contribution is -2.06. The van der Waals surface area contributed by atoms with Crippen molar-refractivity contribution in [3.63, 3.8) is 0 Å². The molecule has 3 heteroatoms. The summed E-state index contributed by atoms with van der Waals surface area (Å²) in [5.74, 6) is 0. The molecule has 0 radical (unpaired) electrons. The van der Waals surface area contributed by atoms with Crippen LogP contribution in [0.4, 0.5) is 0 Å². The van der Waals surface area contributed by atoms with Gasteiger partial charge in [-0.05, 0) is 54.3 Å². The molecule has 1 unspecified atom stereocenters. The van der Waals surface area contributed by atoms with E-state index >= 15 is 0 Å². The standard InChI is InChI=1S/C16H16Cl2O/c1-10-4-3-5-11(2)16(10)15(19)9-12-8-13(17)6-7-14(12)18/h3-8,15,19H,9H2,1-2H3. The van der Waals surface area contributed by atoms with Crippen molar-refractivity contribution in [2.24, 2.45) is 0 Å². The predicted octanol–water partition coefficient (Wildman–Crippen LogP) is 4.89. The molecular formula is C16H16Cl2O. The predicted molar refractivity (Wildman–Crippen MR) is 81.0 cm³/mol. The lowest BCUT2D eigenvalue weighted by molar-refractivity contribution is 0.177. The van der Waals surface area contributed by atoms with Gasteiger partial charge in [0.05, 0.1) is 6.10 Å². The Morgan fingerprint density at radius 3 is 2.32 bits per heavy atom. The Bertz CT molecular complexity index is 573. The van der Waals surface area contributed by atoms with Crippen molar-refractivity contribution in [2.75, 3.05) is 0 Å². The van der Waals surface area contributed by atoms with Crippen LogP contribution in [0.3, 0.4) is 0 Å². The van der Waals surface area contributed by atoms with E-state index in [2.05, 4.69) is 0 Å². The molecule has 0 spiro atoms. The third-order valence-corrected chi connectivity index (χ3v) is 3.90. The molecule has 0 amide bonds. The number of rotatable bonds is 3. The average molecular weight is 295 g/mol. The first kappa shape index (κ1) is 14.4. The number of hydrogen-bond donors (Lipinski definition) is 1. The van der Waals surface area contributed by atoms with Crippen LogP contribution in [0.5, 0.6) is 0 Å². The molecule has 0 aliphatic rings. The maximum absolute atomic E-state index is 10.4. The van der Waals surface area contributed by atoms with Crippen LogP contribution in [0.1, 0.15) is 28.4 Å². The fourth-order valence-electron chi connectivity index (χ4n) is 2.36. The quantitative estimate of drug-likeness (QED) is 0.855. The zero-order chi connectivity index (χ0) is 14.0. The van der Waals surface area contributed by atoms with Crippen molar-refractivity contribution >= 4 is 23.2 Å². The van der Waals surface area contributed by atoms with Gasteiger partial charge in [-0.1, -0.05) is 41.4 Å². The van der Waals surface area contributed by atoms with Gasteiger partial charge in [0, 0.05) is 16.5 Å². The summed E-state index contributed by atoms with van der Waals surface area (Å²) in [7, 11) is 0. The van der Waals surface area contributed by atoms with Crippen molar-refractivity contribution in [3.8, 4) is 0 Å². The molecule has 0 aromatic heterocycles. The van der Waals surface area contributed by atoms with Crippen LogP contribution < -0.4 is 0 Å². The van der Waals surface area contributed by atoms with Gasteiger partial charge >= 0.3 is 0 Å². The SMILES string of the molecule is Cc1cccc(C)c1C(O)Cc1cc(Cl)ccc1Cl. The molecule has 0 aliphatic heterocycles. The number of halogens is 2. The molecule has 0 saturated heterocycles. The van der Waals surface area contributed by atoms with Gasteiger partial charge in [0.1, 0.15) is 0 Å². The van der Waals surface area contributed by atoms with Crippen LogP contribution in [-0.2, 0) is 6.42 Å². The first-order valence-corrected chi connectivity index (χ1v) is 6.92. The summed E-state index contributed by atoms with van der Waals surface area (Å²) in [4.78, 5) is 0. The second-order valence-corrected chi connectivity index (χ2v) is 5.60. The Hall–Kier alpha value is -1.02. The van der Waals surface area contributed by atoms with E-state index in [0.29, 0.717) is 16.5 Å². The molecule has 0 saturated carbocycles. The molecule has 2 aromatic rings. The molecule has 100 valence electrons. The number of aliphatic hydroxyl groups is 1. The highest BCUT2D eigenvalue weighted by Gasteiger charge is 2.15. The first-order chi connectivity index (χ1) is 8.99. The molecular weight excluding hydrogens is 279 g/mol. The number of aliphatic hydroxyl groups excluding tert-OH is 1. The number of aryl methyl sites for hydroxylation is 2. The largest absolute Gasteiger partial charge is 0.388 e. The summed E-state index contributed by atoms with van der Waals surface area (Å²) >= 11 is 12.1. The van der Waals surface area contributed by atoms with Crippen LogP contribution >= 0.6 is 23.2 Å².